The van der Waals surface area contributed by atoms with Crippen LogP contribution in [0.3, 0.4) is 0 Å². The molecule has 1 fully saturated rings. The number of fused-ring (bicyclic) bond motifs is 1. The molecule has 0 aromatic rings. The average Bonchev–Trinajstić information content (AvgIpc) is 3.15. The fourth-order valence-electron chi connectivity index (χ4n) is 6.11. The number of carbonyl (C=O) groups excluding carboxylic acids is 2. The van der Waals surface area contributed by atoms with E-state index in [4.69, 9.17) is 15.2 Å². The lowest BCUT2D eigenvalue weighted by molar-refractivity contribution is -0.144. The van der Waals surface area contributed by atoms with Crippen molar-refractivity contribution < 1.29 is 23.5 Å². The second-order valence-corrected chi connectivity index (χ2v) is 11.5. The molecule has 0 bridgehead atoms. The number of amides is 1. The molecule has 2 aliphatic carbocycles. The Bertz CT molecular complexity index is 956. The zero-order valence-electron chi connectivity index (χ0n) is 23.8. The second-order valence-electron chi connectivity index (χ2n) is 11.5. The number of rotatable bonds is 7. The van der Waals surface area contributed by atoms with E-state index in [2.05, 4.69) is 25.2 Å². The lowest BCUT2D eigenvalue weighted by Crippen LogP contribution is -2.41. The van der Waals surface area contributed by atoms with Crippen LogP contribution in [0.25, 0.3) is 0 Å². The molecule has 3 aliphatic rings. The Morgan fingerprint density at radius 1 is 1.29 bits per heavy atom. The number of halogens is 1. The summed E-state index contributed by atoms with van der Waals surface area (Å²) in [5, 5.41) is 3.00. The minimum absolute atomic E-state index is 0.0159. The van der Waals surface area contributed by atoms with E-state index in [1.54, 1.807) is 13.0 Å². The Balaban J connectivity index is 1.72. The van der Waals surface area contributed by atoms with Crippen LogP contribution in [0.15, 0.2) is 47.5 Å². The van der Waals surface area contributed by atoms with E-state index in [-0.39, 0.29) is 53.5 Å². The van der Waals surface area contributed by atoms with Gasteiger partial charge in [-0.3, -0.25) is 4.79 Å². The summed E-state index contributed by atoms with van der Waals surface area (Å²) >= 11 is 0. The quantitative estimate of drug-likeness (QED) is 0.281. The number of ether oxygens (including phenoxy) is 2. The van der Waals surface area contributed by atoms with E-state index in [9.17, 15) is 14.0 Å². The molecule has 0 aromatic heterocycles. The maximum absolute atomic E-state index is 14.1. The third-order valence-electron chi connectivity index (χ3n) is 8.62. The van der Waals surface area contributed by atoms with Crippen LogP contribution in [0, 0.1) is 35.5 Å². The molecule has 212 valence electrons. The van der Waals surface area contributed by atoms with E-state index < -0.39 is 6.09 Å². The van der Waals surface area contributed by atoms with Gasteiger partial charge in [-0.15, -0.1) is 0 Å². The average molecular weight is 531 g/mol. The lowest BCUT2D eigenvalue weighted by Gasteiger charge is -2.29. The molecule has 7 unspecified atom stereocenters. The van der Waals surface area contributed by atoms with Gasteiger partial charge in [-0.1, -0.05) is 39.0 Å². The van der Waals surface area contributed by atoms with Crippen molar-refractivity contribution in [2.75, 3.05) is 6.61 Å². The summed E-state index contributed by atoms with van der Waals surface area (Å²) in [6.07, 6.45) is 15.2. The number of esters is 1. The maximum Gasteiger partial charge on any atom is 0.407 e. The van der Waals surface area contributed by atoms with Crippen LogP contribution < -0.4 is 11.1 Å². The molecule has 8 atom stereocenters. The highest BCUT2D eigenvalue weighted by Crippen LogP contribution is 2.40. The van der Waals surface area contributed by atoms with Crippen molar-refractivity contribution >= 4 is 12.1 Å². The smallest absolute Gasteiger partial charge is 0.407 e. The number of carbonyl (C=O) groups is 2. The van der Waals surface area contributed by atoms with Gasteiger partial charge in [0.25, 0.3) is 0 Å². The zero-order valence-corrected chi connectivity index (χ0v) is 23.8. The van der Waals surface area contributed by atoms with E-state index in [0.29, 0.717) is 24.6 Å². The van der Waals surface area contributed by atoms with Gasteiger partial charge >= 0.3 is 12.1 Å². The Labute approximate surface area is 228 Å². The van der Waals surface area contributed by atoms with Crippen LogP contribution in [0.2, 0.25) is 0 Å². The van der Waals surface area contributed by atoms with Crippen LogP contribution in [0.4, 0.5) is 9.18 Å². The van der Waals surface area contributed by atoms with Crippen LogP contribution in [0.5, 0.6) is 0 Å². The molecule has 6 nitrogen and oxygen atoms in total. The molecule has 0 aromatic carbocycles. The molecule has 3 rings (SSSR count). The fraction of sp³-hybridized carbons (Fsp3) is 0.677. The highest BCUT2D eigenvalue weighted by atomic mass is 19.1. The number of cyclic esters (lactones) is 1. The van der Waals surface area contributed by atoms with Crippen molar-refractivity contribution in [3.8, 4) is 0 Å². The van der Waals surface area contributed by atoms with E-state index in [0.717, 1.165) is 44.1 Å². The minimum Gasteiger partial charge on any atom is -0.462 e. The molecule has 0 saturated carbocycles. The monoisotopic (exact) mass is 530 g/mol. The van der Waals surface area contributed by atoms with Crippen LogP contribution in [-0.4, -0.2) is 30.8 Å². The predicted octanol–water partition coefficient (Wildman–Crippen LogP) is 6.74. The first-order valence-corrected chi connectivity index (χ1v) is 14.4. The van der Waals surface area contributed by atoms with Crippen molar-refractivity contribution in [1.29, 1.82) is 0 Å². The van der Waals surface area contributed by atoms with Crippen LogP contribution in [0.1, 0.15) is 79.6 Å². The molecule has 7 heteroatoms. The summed E-state index contributed by atoms with van der Waals surface area (Å²) in [7, 11) is 0. The summed E-state index contributed by atoms with van der Waals surface area (Å²) in [5.41, 5.74) is 8.11. The van der Waals surface area contributed by atoms with Crippen molar-refractivity contribution in [3.63, 3.8) is 0 Å². The first-order valence-electron chi connectivity index (χ1n) is 14.4. The fourth-order valence-corrected chi connectivity index (χ4v) is 6.11. The third-order valence-corrected chi connectivity index (χ3v) is 8.62. The lowest BCUT2D eigenvalue weighted by atomic mass is 9.76. The van der Waals surface area contributed by atoms with Gasteiger partial charge in [0.15, 0.2) is 0 Å². The maximum atomic E-state index is 14.1. The predicted molar refractivity (Wildman–Crippen MR) is 148 cm³/mol. The summed E-state index contributed by atoms with van der Waals surface area (Å²) < 4.78 is 24.9. The normalized spacial score (nSPS) is 34.9. The van der Waals surface area contributed by atoms with Gasteiger partial charge in [0.1, 0.15) is 6.10 Å². The molecular weight excluding hydrogens is 483 g/mol. The molecule has 1 heterocycles. The molecule has 1 amide bonds. The van der Waals surface area contributed by atoms with Gasteiger partial charge in [-0.05, 0) is 94.3 Å². The molecule has 0 spiro atoms. The largest absolute Gasteiger partial charge is 0.462 e. The molecule has 38 heavy (non-hydrogen) atoms. The Hall–Kier alpha value is -2.57. The van der Waals surface area contributed by atoms with Crippen molar-refractivity contribution in [1.82, 2.24) is 5.32 Å². The summed E-state index contributed by atoms with van der Waals surface area (Å²) in [5.74, 6) is 0.191. The number of nitrogens with two attached hydrogens (primary N) is 1. The highest BCUT2D eigenvalue weighted by Gasteiger charge is 2.45. The molecule has 1 saturated heterocycles. The number of alkyl carbamates (subject to hydrolysis) is 1. The summed E-state index contributed by atoms with van der Waals surface area (Å²) in [4.78, 5) is 24.9. The Kier molecular flexibility index (Phi) is 11.0. The highest BCUT2D eigenvalue weighted by molar-refractivity contribution is 5.76. The second kappa shape index (κ2) is 14.0. The number of allylic oxidation sites excluding steroid dienone is 6. The van der Waals surface area contributed by atoms with Crippen molar-refractivity contribution in [2.24, 2.45) is 41.2 Å². The SMILES string of the molecule is CCOC(=O)NC1CCC\C=C(/C=C/C(N)=C/CC(C)C2C=C(F)[C@H](C)CC2)C2C(C)OC(=O)C2CC1C. The molecule has 1 aliphatic heterocycles. The standard InChI is InChI=1S/C31H47FN2O4/c1-6-37-31(36)34-28-10-8-7-9-23(29-22(5)38-30(35)26(29)17-21(28)4)14-16-25(33)15-12-19(2)24-13-11-20(3)27(32)18-24/h9,14-16,18-22,24,26,28-29H,6-8,10-13,17,33H2,1-5H3,(H,34,36)/b16-14+,23-9+,25-15-/t19?,20-,21?,22?,24?,26?,28?,29?/m1/s1. The minimum atomic E-state index is -0.407. The first kappa shape index (κ1) is 30.0. The zero-order chi connectivity index (χ0) is 27.8. The van der Waals surface area contributed by atoms with E-state index in [1.807, 2.05) is 32.1 Å². The van der Waals surface area contributed by atoms with Gasteiger partial charge in [0.05, 0.1) is 18.4 Å². The van der Waals surface area contributed by atoms with Gasteiger partial charge in [0.2, 0.25) is 0 Å². The van der Waals surface area contributed by atoms with Crippen LogP contribution >= 0.6 is 0 Å². The molecule has 0 radical (unpaired) electrons. The van der Waals surface area contributed by atoms with Crippen molar-refractivity contribution in [3.05, 3.63) is 47.5 Å². The van der Waals surface area contributed by atoms with E-state index >= 15 is 0 Å². The topological polar surface area (TPSA) is 90.7 Å². The molecule has 3 N–H and O–H groups in total. The van der Waals surface area contributed by atoms with Gasteiger partial charge < -0.3 is 20.5 Å². The Morgan fingerprint density at radius 2 is 2.05 bits per heavy atom. The molecular formula is C31H47FN2O4. The Morgan fingerprint density at radius 3 is 2.76 bits per heavy atom. The summed E-state index contributed by atoms with van der Waals surface area (Å²) in [6.45, 7) is 10.2. The number of hydrogen-bond acceptors (Lipinski definition) is 5. The number of hydrogen-bond donors (Lipinski definition) is 2. The van der Waals surface area contributed by atoms with Gasteiger partial charge in [-0.25, -0.2) is 9.18 Å². The summed E-state index contributed by atoms with van der Waals surface area (Å²) in [6, 6.07) is -0.0554. The third kappa shape index (κ3) is 7.97. The van der Waals surface area contributed by atoms with Crippen molar-refractivity contribution in [2.45, 2.75) is 91.7 Å². The van der Waals surface area contributed by atoms with E-state index in [1.165, 1.54) is 0 Å². The van der Waals surface area contributed by atoms with Gasteiger partial charge in [-0.2, -0.15) is 0 Å². The first-order chi connectivity index (χ1) is 18.1. The van der Waals surface area contributed by atoms with Crippen LogP contribution in [-0.2, 0) is 14.3 Å². The van der Waals surface area contributed by atoms with Gasteiger partial charge in [0, 0.05) is 23.6 Å². The number of nitrogens with one attached hydrogen (secondary N) is 1.